The lowest BCUT2D eigenvalue weighted by molar-refractivity contribution is -0.121. The first kappa shape index (κ1) is 24.7. The number of fused-ring (bicyclic) bond motifs is 3. The maximum Gasteiger partial charge on any atom is 0.232 e. The molecule has 0 atom stereocenters. The van der Waals surface area contributed by atoms with Gasteiger partial charge in [-0.1, -0.05) is 62.0 Å². The molecule has 2 aromatic carbocycles. The highest BCUT2D eigenvalue weighted by Crippen LogP contribution is 2.43. The largest absolute Gasteiger partial charge is 0.457 e. The summed E-state index contributed by atoms with van der Waals surface area (Å²) < 4.78 is 7.94. The summed E-state index contributed by atoms with van der Waals surface area (Å²) in [4.78, 5) is 25.7. The lowest BCUT2D eigenvalue weighted by atomic mass is 9.87. The van der Waals surface area contributed by atoms with E-state index in [0.717, 1.165) is 57.7 Å². The molecule has 4 aromatic rings. The van der Waals surface area contributed by atoms with Gasteiger partial charge in [-0.25, -0.2) is 14.6 Å². The zero-order chi connectivity index (χ0) is 26.1. The van der Waals surface area contributed by atoms with Crippen LogP contribution in [-0.4, -0.2) is 50.5 Å². The Bertz CT molecular complexity index is 1420. The molecule has 6 rings (SSSR count). The van der Waals surface area contributed by atoms with Crippen LogP contribution in [0, 0.1) is 0 Å². The summed E-state index contributed by atoms with van der Waals surface area (Å²) in [6.07, 6.45) is 5.49. The van der Waals surface area contributed by atoms with Crippen LogP contribution in [-0.2, 0) is 11.3 Å². The Kier molecular flexibility index (Phi) is 6.93. The monoisotopic (exact) mass is 528 g/mol. The van der Waals surface area contributed by atoms with Gasteiger partial charge in [-0.3, -0.25) is 4.79 Å². The van der Waals surface area contributed by atoms with Gasteiger partial charge in [-0.15, -0.1) is 0 Å². The molecule has 2 aromatic heterocycles. The lowest BCUT2D eigenvalue weighted by Gasteiger charge is -2.28. The Morgan fingerprint density at radius 1 is 1.03 bits per heavy atom. The third-order valence-corrected chi connectivity index (χ3v) is 7.88. The molecule has 196 valence electrons. The van der Waals surface area contributed by atoms with Crippen molar-refractivity contribution < 1.29 is 9.53 Å². The van der Waals surface area contributed by atoms with Crippen molar-refractivity contribution in [1.29, 1.82) is 0 Å². The van der Waals surface area contributed by atoms with Crippen LogP contribution in [0.15, 0.2) is 59.9 Å². The van der Waals surface area contributed by atoms with Gasteiger partial charge in [0.2, 0.25) is 5.91 Å². The number of rotatable bonds is 7. The number of hydrogen-bond donors (Lipinski definition) is 1. The number of piperidine rings is 1. The van der Waals surface area contributed by atoms with Crippen molar-refractivity contribution in [2.24, 2.45) is 0 Å². The van der Waals surface area contributed by atoms with Gasteiger partial charge in [0.25, 0.3) is 0 Å². The second kappa shape index (κ2) is 10.6. The number of carbonyl (C=O) groups is 1. The highest BCUT2D eigenvalue weighted by Gasteiger charge is 2.32. The summed E-state index contributed by atoms with van der Waals surface area (Å²) in [7, 11) is 0. The molecule has 0 bridgehead atoms. The average Bonchev–Trinajstić information content (AvgIpc) is 3.34. The summed E-state index contributed by atoms with van der Waals surface area (Å²) in [5, 5.41) is 9.93. The number of hydrogen-bond acceptors (Lipinski definition) is 7. The molecule has 0 saturated carbocycles. The fourth-order valence-electron chi connectivity index (χ4n) is 5.27. The zero-order valence-electron chi connectivity index (χ0n) is 21.8. The average molecular weight is 529 g/mol. The van der Waals surface area contributed by atoms with Crippen molar-refractivity contribution in [3.05, 3.63) is 65.9 Å². The number of amides is 1. The fourth-order valence-corrected chi connectivity index (χ4v) is 5.97. The molecule has 1 fully saturated rings. The highest BCUT2D eigenvalue weighted by atomic mass is 32.2. The standard InChI is InChI=1S/C29H32N6O2S/c1-19(2)38-29-32-26(34-15-8-3-9-16-34)22-18-31-35(27(22)33-29)17-14-30-28(36)25-20-10-4-6-12-23(20)37-24-13-7-5-11-21(24)25/h4-7,10-13,18-19,25H,3,8-9,14-17H2,1-2H3,(H,30,36). The van der Waals surface area contributed by atoms with Crippen molar-refractivity contribution in [3.8, 4) is 11.5 Å². The molecular formula is C29H32N6O2S. The molecule has 1 amide bonds. The van der Waals surface area contributed by atoms with Gasteiger partial charge < -0.3 is 15.0 Å². The molecule has 38 heavy (non-hydrogen) atoms. The summed E-state index contributed by atoms with van der Waals surface area (Å²) in [6.45, 7) is 7.27. The van der Waals surface area contributed by atoms with Crippen molar-refractivity contribution >= 4 is 34.5 Å². The van der Waals surface area contributed by atoms with E-state index in [-0.39, 0.29) is 5.91 Å². The third-order valence-electron chi connectivity index (χ3n) is 7.02. The van der Waals surface area contributed by atoms with Gasteiger partial charge in [-0.2, -0.15) is 5.10 Å². The van der Waals surface area contributed by atoms with Crippen LogP contribution in [0.3, 0.4) is 0 Å². The normalized spacial score (nSPS) is 15.3. The highest BCUT2D eigenvalue weighted by molar-refractivity contribution is 7.99. The van der Waals surface area contributed by atoms with E-state index in [1.807, 2.05) is 59.4 Å². The van der Waals surface area contributed by atoms with E-state index in [9.17, 15) is 4.79 Å². The van der Waals surface area contributed by atoms with Gasteiger partial charge in [0, 0.05) is 36.0 Å². The molecule has 9 heteroatoms. The number of aromatic nitrogens is 4. The number of ether oxygens (including phenoxy) is 1. The number of para-hydroxylation sites is 2. The van der Waals surface area contributed by atoms with Gasteiger partial charge in [0.05, 0.1) is 24.0 Å². The van der Waals surface area contributed by atoms with Crippen LogP contribution < -0.4 is 15.0 Å². The summed E-state index contributed by atoms with van der Waals surface area (Å²) >= 11 is 1.67. The number of benzene rings is 2. The first-order valence-corrected chi connectivity index (χ1v) is 14.2. The Morgan fingerprint density at radius 3 is 2.39 bits per heavy atom. The van der Waals surface area contributed by atoms with Gasteiger partial charge in [-0.05, 0) is 31.4 Å². The molecule has 4 heterocycles. The Labute approximate surface area is 226 Å². The van der Waals surface area contributed by atoms with Crippen molar-refractivity contribution in [2.45, 2.75) is 56.0 Å². The van der Waals surface area contributed by atoms with Crippen LogP contribution in [0.1, 0.15) is 50.2 Å². The minimum Gasteiger partial charge on any atom is -0.457 e. The van der Waals surface area contributed by atoms with Crippen LogP contribution in [0.25, 0.3) is 11.0 Å². The molecular weight excluding hydrogens is 496 g/mol. The van der Waals surface area contributed by atoms with Crippen LogP contribution in [0.4, 0.5) is 5.82 Å². The topological polar surface area (TPSA) is 85.2 Å². The van der Waals surface area contributed by atoms with Gasteiger partial charge >= 0.3 is 0 Å². The molecule has 0 spiro atoms. The molecule has 1 saturated heterocycles. The third kappa shape index (κ3) is 4.82. The van der Waals surface area contributed by atoms with E-state index < -0.39 is 5.92 Å². The number of anilines is 1. The van der Waals surface area contributed by atoms with Crippen LogP contribution in [0.5, 0.6) is 11.5 Å². The van der Waals surface area contributed by atoms with E-state index in [2.05, 4.69) is 29.2 Å². The zero-order valence-corrected chi connectivity index (χ0v) is 22.6. The van der Waals surface area contributed by atoms with Gasteiger partial charge in [0.15, 0.2) is 10.8 Å². The maximum atomic E-state index is 13.5. The van der Waals surface area contributed by atoms with Gasteiger partial charge in [0.1, 0.15) is 17.3 Å². The van der Waals surface area contributed by atoms with Crippen molar-refractivity contribution in [3.63, 3.8) is 0 Å². The smallest absolute Gasteiger partial charge is 0.232 e. The number of nitrogens with zero attached hydrogens (tertiary/aromatic N) is 5. The summed E-state index contributed by atoms with van der Waals surface area (Å²) in [6, 6.07) is 15.5. The van der Waals surface area contributed by atoms with Crippen molar-refractivity contribution in [1.82, 2.24) is 25.1 Å². The quantitative estimate of drug-likeness (QED) is 0.255. The lowest BCUT2D eigenvalue weighted by Crippen LogP contribution is -2.34. The van der Waals surface area contributed by atoms with E-state index in [0.29, 0.717) is 18.3 Å². The second-order valence-electron chi connectivity index (χ2n) is 10.1. The SMILES string of the molecule is CC(C)Sc1nc(N2CCCCC2)c2cnn(CCNC(=O)C3c4ccccc4Oc4ccccc43)c2n1. The van der Waals surface area contributed by atoms with Crippen LogP contribution >= 0.6 is 11.8 Å². The predicted octanol–water partition coefficient (Wildman–Crippen LogP) is 5.37. The molecule has 0 radical (unpaired) electrons. The first-order chi connectivity index (χ1) is 18.6. The predicted molar refractivity (Wildman–Crippen MR) is 150 cm³/mol. The molecule has 2 aliphatic rings. The molecule has 8 nitrogen and oxygen atoms in total. The Balaban J connectivity index is 1.23. The minimum absolute atomic E-state index is 0.0515. The van der Waals surface area contributed by atoms with Crippen molar-refractivity contribution in [2.75, 3.05) is 24.5 Å². The molecule has 1 N–H and O–H groups in total. The first-order valence-electron chi connectivity index (χ1n) is 13.4. The molecule has 0 unspecified atom stereocenters. The van der Waals surface area contributed by atoms with E-state index in [1.165, 1.54) is 19.3 Å². The maximum absolute atomic E-state index is 13.5. The van der Waals surface area contributed by atoms with E-state index in [4.69, 9.17) is 14.7 Å². The number of thioether (sulfide) groups is 1. The second-order valence-corrected chi connectivity index (χ2v) is 11.6. The fraction of sp³-hybridized carbons (Fsp3) is 0.379. The van der Waals surface area contributed by atoms with Crippen LogP contribution in [0.2, 0.25) is 0 Å². The Hall–Kier alpha value is -3.59. The van der Waals surface area contributed by atoms with E-state index >= 15 is 0 Å². The van der Waals surface area contributed by atoms with E-state index in [1.54, 1.807) is 11.8 Å². The summed E-state index contributed by atoms with van der Waals surface area (Å²) in [5.41, 5.74) is 2.57. The minimum atomic E-state index is -0.424. The Morgan fingerprint density at radius 2 is 1.71 bits per heavy atom. The number of nitrogens with one attached hydrogen (secondary N) is 1. The summed E-state index contributed by atoms with van der Waals surface area (Å²) in [5.74, 6) is 1.95. The number of carbonyl (C=O) groups excluding carboxylic acids is 1. The molecule has 2 aliphatic heterocycles. The molecule has 0 aliphatic carbocycles.